The van der Waals surface area contributed by atoms with E-state index in [1.807, 2.05) is 32.0 Å². The first-order valence-corrected chi connectivity index (χ1v) is 13.9. The van der Waals surface area contributed by atoms with Crippen molar-refractivity contribution in [2.24, 2.45) is 0 Å². The number of pyridine rings is 2. The summed E-state index contributed by atoms with van der Waals surface area (Å²) in [6.45, 7) is 4.96. The quantitative estimate of drug-likeness (QED) is 0.255. The lowest BCUT2D eigenvalue weighted by molar-refractivity contribution is -0.189. The molecule has 0 saturated heterocycles. The summed E-state index contributed by atoms with van der Waals surface area (Å²) in [4.78, 5) is 71.9. The second-order valence-electron chi connectivity index (χ2n) is 10.9. The number of carboxylic acids is 1. The van der Waals surface area contributed by atoms with Crippen LogP contribution in [0.15, 0.2) is 33.5 Å². The Morgan fingerprint density at radius 2 is 1.95 bits per heavy atom. The molecule has 2 aliphatic heterocycles. The molecule has 1 atom stereocenters. The van der Waals surface area contributed by atoms with Crippen LogP contribution in [0.2, 0.25) is 0 Å². The van der Waals surface area contributed by atoms with Crippen LogP contribution in [0.25, 0.3) is 33.4 Å². The number of hydrogen-bond donors (Lipinski definition) is 2. The first-order valence-electron chi connectivity index (χ1n) is 13.9. The molecule has 3 aromatic heterocycles. The Bertz CT molecular complexity index is 1920. The van der Waals surface area contributed by atoms with Crippen molar-refractivity contribution in [1.82, 2.24) is 19.9 Å². The number of benzene rings is 1. The molecule has 13 heteroatoms. The number of hydrogen-bond acceptors (Lipinski definition) is 10. The van der Waals surface area contributed by atoms with Crippen molar-refractivity contribution in [3.05, 3.63) is 57.2 Å². The summed E-state index contributed by atoms with van der Waals surface area (Å²) in [6.07, 6.45) is -0.764. The van der Waals surface area contributed by atoms with Crippen LogP contribution in [0, 0.1) is 0 Å². The maximum absolute atomic E-state index is 13.8. The highest BCUT2D eigenvalue weighted by Crippen LogP contribution is 2.41. The zero-order chi connectivity index (χ0) is 30.6. The molecule has 5 heterocycles. The van der Waals surface area contributed by atoms with Crippen molar-refractivity contribution in [2.45, 2.75) is 64.7 Å². The number of carbonyl (C=O) groups is 4. The number of rotatable bonds is 8. The van der Waals surface area contributed by atoms with Gasteiger partial charge in [-0.2, -0.15) is 0 Å². The number of esters is 2. The van der Waals surface area contributed by atoms with Gasteiger partial charge < -0.3 is 28.9 Å². The van der Waals surface area contributed by atoms with Gasteiger partial charge in [0, 0.05) is 28.9 Å². The van der Waals surface area contributed by atoms with Gasteiger partial charge in [-0.05, 0) is 30.7 Å². The minimum atomic E-state index is -1.93. The molecule has 1 aromatic carbocycles. The minimum Gasteiger partial charge on any atom is -0.481 e. The van der Waals surface area contributed by atoms with E-state index in [2.05, 4.69) is 10.3 Å². The van der Waals surface area contributed by atoms with Gasteiger partial charge in [0.25, 0.3) is 5.56 Å². The van der Waals surface area contributed by atoms with Crippen molar-refractivity contribution in [2.75, 3.05) is 6.54 Å². The molecule has 0 aliphatic carbocycles. The van der Waals surface area contributed by atoms with Crippen LogP contribution in [0.3, 0.4) is 0 Å². The van der Waals surface area contributed by atoms with E-state index in [4.69, 9.17) is 24.0 Å². The van der Waals surface area contributed by atoms with Gasteiger partial charge in [-0.15, -0.1) is 0 Å². The number of cyclic esters (lactones) is 1. The van der Waals surface area contributed by atoms with Gasteiger partial charge in [0.15, 0.2) is 11.5 Å². The Balaban J connectivity index is 1.38. The molecule has 0 radical (unpaired) electrons. The van der Waals surface area contributed by atoms with E-state index in [-0.39, 0.29) is 43.0 Å². The molecule has 0 saturated carbocycles. The first kappa shape index (κ1) is 28.1. The minimum absolute atomic E-state index is 0.0409. The molecule has 43 heavy (non-hydrogen) atoms. The molecule has 2 aliphatic rings. The van der Waals surface area contributed by atoms with E-state index in [9.17, 15) is 24.0 Å². The van der Waals surface area contributed by atoms with E-state index in [1.165, 1.54) is 0 Å². The number of oxazole rings is 1. The number of ether oxygens (including phenoxy) is 2. The Hall–Kier alpha value is -5.07. The molecule has 2 N–H and O–H groups in total. The van der Waals surface area contributed by atoms with Crippen LogP contribution in [0.4, 0.5) is 0 Å². The normalized spacial score (nSPS) is 17.0. The summed E-state index contributed by atoms with van der Waals surface area (Å²) < 4.78 is 18.5. The van der Waals surface area contributed by atoms with Gasteiger partial charge in [-0.25, -0.2) is 14.8 Å². The summed E-state index contributed by atoms with van der Waals surface area (Å²) >= 11 is 0. The number of nitrogens with zero attached hydrogens (tertiary/aromatic N) is 3. The van der Waals surface area contributed by atoms with Crippen molar-refractivity contribution in [3.63, 3.8) is 0 Å². The highest BCUT2D eigenvalue weighted by Gasteiger charge is 2.50. The maximum atomic E-state index is 13.8. The van der Waals surface area contributed by atoms with E-state index in [1.54, 1.807) is 17.6 Å². The third-order valence-corrected chi connectivity index (χ3v) is 7.81. The highest BCUT2D eigenvalue weighted by molar-refractivity contribution is 6.03. The second kappa shape index (κ2) is 10.3. The van der Waals surface area contributed by atoms with Gasteiger partial charge in [0.05, 0.1) is 35.4 Å². The smallest absolute Gasteiger partial charge is 0.355 e. The fraction of sp³-hybridized carbons (Fsp3) is 0.367. The number of nitrogens with one attached hydrogen (secondary N) is 1. The summed E-state index contributed by atoms with van der Waals surface area (Å²) in [7, 11) is 0. The van der Waals surface area contributed by atoms with Crippen molar-refractivity contribution in [1.29, 1.82) is 0 Å². The summed E-state index contributed by atoms with van der Waals surface area (Å²) in [5.74, 6) is -2.88. The fourth-order valence-electron chi connectivity index (χ4n) is 5.58. The molecule has 4 aromatic rings. The van der Waals surface area contributed by atoms with Gasteiger partial charge in [-0.1, -0.05) is 20.8 Å². The summed E-state index contributed by atoms with van der Waals surface area (Å²) in [6, 6.07) is 7.23. The van der Waals surface area contributed by atoms with E-state index in [0.717, 1.165) is 10.9 Å². The largest absolute Gasteiger partial charge is 0.481 e. The van der Waals surface area contributed by atoms with Gasteiger partial charge in [0.1, 0.15) is 18.7 Å². The zero-order valence-electron chi connectivity index (χ0n) is 23.7. The molecule has 1 amide bonds. The lowest BCUT2D eigenvalue weighted by Crippen LogP contribution is -2.48. The third kappa shape index (κ3) is 4.60. The van der Waals surface area contributed by atoms with E-state index in [0.29, 0.717) is 33.9 Å². The Morgan fingerprint density at radius 1 is 1.16 bits per heavy atom. The van der Waals surface area contributed by atoms with Crippen LogP contribution in [0.1, 0.15) is 68.5 Å². The lowest BCUT2D eigenvalue weighted by atomic mass is 9.85. The molecule has 222 valence electrons. The number of carbonyl (C=O) groups excluding carboxylic acids is 3. The Morgan fingerprint density at radius 3 is 2.67 bits per heavy atom. The van der Waals surface area contributed by atoms with Crippen LogP contribution in [0.5, 0.6) is 0 Å². The van der Waals surface area contributed by atoms with Gasteiger partial charge >= 0.3 is 17.9 Å². The van der Waals surface area contributed by atoms with E-state index >= 15 is 0 Å². The van der Waals surface area contributed by atoms with Crippen LogP contribution in [-0.2, 0) is 47.4 Å². The molecule has 13 nitrogen and oxygen atoms in total. The molecule has 0 bridgehead atoms. The Labute approximate surface area is 243 Å². The number of amides is 1. The summed E-state index contributed by atoms with van der Waals surface area (Å²) in [5, 5.41) is 11.8. The fourth-order valence-corrected chi connectivity index (χ4v) is 5.58. The van der Waals surface area contributed by atoms with Gasteiger partial charge in [-0.3, -0.25) is 19.2 Å². The lowest BCUT2D eigenvalue weighted by Gasteiger charge is -2.35. The van der Waals surface area contributed by atoms with Crippen molar-refractivity contribution in [3.8, 4) is 11.4 Å². The number of carboxylic acid groups (broad SMARTS) is 1. The van der Waals surface area contributed by atoms with Gasteiger partial charge in [0.2, 0.25) is 11.5 Å². The molecule has 0 unspecified atom stereocenters. The molecule has 0 spiro atoms. The average Bonchev–Trinajstić information content (AvgIpc) is 3.58. The first-order chi connectivity index (χ1) is 20.5. The predicted octanol–water partition coefficient (Wildman–Crippen LogP) is 2.88. The van der Waals surface area contributed by atoms with Crippen LogP contribution in [-0.4, -0.2) is 50.0 Å². The highest BCUT2D eigenvalue weighted by atomic mass is 16.6. The Kier molecular flexibility index (Phi) is 6.74. The van der Waals surface area contributed by atoms with Crippen molar-refractivity contribution >= 4 is 45.8 Å². The average molecular weight is 589 g/mol. The monoisotopic (exact) mass is 588 g/mol. The molecular formula is C30H28N4O9. The van der Waals surface area contributed by atoms with Crippen LogP contribution >= 0.6 is 0 Å². The third-order valence-electron chi connectivity index (χ3n) is 7.81. The molecular weight excluding hydrogens is 560 g/mol. The zero-order valence-corrected chi connectivity index (χ0v) is 23.7. The maximum Gasteiger partial charge on any atom is 0.355 e. The topological polar surface area (TPSA) is 180 Å². The SMILES string of the molecule is CC[C@@]1(OC(=O)CNC(=O)CCC(=O)O)C(=O)OCc2c1cc1n(c2=O)Cc2cc3c(ccc4oc(C(C)C)nc43)nc2-1. The summed E-state index contributed by atoms with van der Waals surface area (Å²) in [5.41, 5.74) is 1.85. The number of aliphatic carboxylic acids is 1. The van der Waals surface area contributed by atoms with Crippen molar-refractivity contribution < 1.29 is 38.2 Å². The second-order valence-corrected chi connectivity index (χ2v) is 10.9. The van der Waals surface area contributed by atoms with Crippen LogP contribution < -0.4 is 10.9 Å². The predicted molar refractivity (Wildman–Crippen MR) is 150 cm³/mol. The molecule has 0 fully saturated rings. The standard InChI is InChI=1S/C30H28N4O9/c1-4-30(43-24(38)11-31-22(35)7-8-23(36)37)18-10-20-25-15(12-34(20)28(39)17(18)13-41-29(30)40)9-16-19(32-25)5-6-21-26(16)33-27(42-21)14(2)3/h5-6,9-10,14H,4,7-8,11-13H2,1-3H3,(H,31,35)(H,36,37)/t30-/m0/s1. The van der Waals surface area contributed by atoms with E-state index < -0.39 is 47.9 Å². The number of fused-ring (bicyclic) bond motifs is 7. The number of aromatic nitrogens is 3. The molecule has 6 rings (SSSR count).